The van der Waals surface area contributed by atoms with E-state index >= 15 is 0 Å². The Labute approximate surface area is 362 Å². The Morgan fingerprint density at radius 3 is 2.15 bits per heavy atom. The molecule has 12 N–H and O–H groups in total. The molecule has 25 heteroatoms. The highest BCUT2D eigenvalue weighted by Gasteiger charge is 2.42. The molecule has 1 aromatic carbocycles. The minimum absolute atomic E-state index is 0.0964. The van der Waals surface area contributed by atoms with Gasteiger partial charge in [-0.1, -0.05) is 6.42 Å². The van der Waals surface area contributed by atoms with Crippen LogP contribution in [-0.2, 0) is 48.2 Å². The molecule has 62 heavy (non-hydrogen) atoms. The number of urea groups is 1. The van der Waals surface area contributed by atoms with Gasteiger partial charge in [0.1, 0.15) is 23.9 Å². The molecule has 2 aliphatic rings. The molecule has 10 amide bonds. The highest BCUT2D eigenvalue weighted by atomic mass is 32.2. The van der Waals surface area contributed by atoms with E-state index in [0.29, 0.717) is 43.2 Å². The summed E-state index contributed by atoms with van der Waals surface area (Å²) < 4.78 is 31.5. The number of hydroxylamine groups is 1. The van der Waals surface area contributed by atoms with Crippen molar-refractivity contribution in [3.63, 3.8) is 0 Å². The van der Waals surface area contributed by atoms with E-state index in [2.05, 4.69) is 42.5 Å². The second kappa shape index (κ2) is 24.7. The van der Waals surface area contributed by atoms with E-state index in [-0.39, 0.29) is 35.3 Å². The van der Waals surface area contributed by atoms with Crippen molar-refractivity contribution in [2.45, 2.75) is 111 Å². The van der Waals surface area contributed by atoms with Gasteiger partial charge < -0.3 is 53.0 Å². The van der Waals surface area contributed by atoms with Gasteiger partial charge in [-0.15, -0.1) is 0 Å². The van der Waals surface area contributed by atoms with Gasteiger partial charge in [0.15, 0.2) is 15.1 Å². The largest absolute Gasteiger partial charge is 0.497 e. The molecule has 2 fully saturated rings. The van der Waals surface area contributed by atoms with Gasteiger partial charge in [0, 0.05) is 24.0 Å². The molecule has 0 spiro atoms. The van der Waals surface area contributed by atoms with Crippen LogP contribution >= 0.6 is 11.8 Å². The molecule has 0 bridgehead atoms. The van der Waals surface area contributed by atoms with Gasteiger partial charge in [0.2, 0.25) is 47.3 Å². The average molecular weight is 913 g/mol. The van der Waals surface area contributed by atoms with Crippen LogP contribution in [0.4, 0.5) is 4.79 Å². The van der Waals surface area contributed by atoms with Crippen molar-refractivity contribution in [3.8, 4) is 5.75 Å². The predicted octanol–water partition coefficient (Wildman–Crippen LogP) is -3.04. The lowest BCUT2D eigenvalue weighted by Gasteiger charge is -2.21. The Morgan fingerprint density at radius 2 is 1.48 bits per heavy atom. The molecule has 23 nitrogen and oxygen atoms in total. The van der Waals surface area contributed by atoms with Crippen molar-refractivity contribution in [2.24, 2.45) is 5.73 Å². The monoisotopic (exact) mass is 912 g/mol. The number of nitrogens with one attached hydrogen (secondary N) is 9. The van der Waals surface area contributed by atoms with E-state index in [0.717, 1.165) is 30.7 Å². The van der Waals surface area contributed by atoms with Gasteiger partial charge in [-0.2, -0.15) is 11.8 Å². The first-order chi connectivity index (χ1) is 29.4. The van der Waals surface area contributed by atoms with Crippen LogP contribution in [0, 0.1) is 0 Å². The third kappa shape index (κ3) is 16.0. The van der Waals surface area contributed by atoms with E-state index < -0.39 is 94.1 Å². The van der Waals surface area contributed by atoms with Gasteiger partial charge in [-0.05, 0) is 70.2 Å². The fourth-order valence-corrected chi connectivity index (χ4v) is 9.53. The number of sulfone groups is 1. The highest BCUT2D eigenvalue weighted by Crippen LogP contribution is 2.33. The summed E-state index contributed by atoms with van der Waals surface area (Å²) in [6.07, 6.45) is 3.00. The van der Waals surface area contributed by atoms with E-state index in [1.165, 1.54) is 38.6 Å². The first-order valence-corrected chi connectivity index (χ1v) is 22.5. The first kappa shape index (κ1) is 50.7. The molecular formula is C37H56N10O13S2. The lowest BCUT2D eigenvalue weighted by Crippen LogP contribution is -2.54. The van der Waals surface area contributed by atoms with Crippen molar-refractivity contribution in [2.75, 3.05) is 32.5 Å². The summed E-state index contributed by atoms with van der Waals surface area (Å²) in [5.74, 6) is -5.41. The third-order valence-electron chi connectivity index (χ3n) is 9.92. The van der Waals surface area contributed by atoms with Gasteiger partial charge in [0.25, 0.3) is 0 Å². The van der Waals surface area contributed by atoms with E-state index in [9.17, 15) is 51.6 Å². The Morgan fingerprint density at radius 1 is 0.823 bits per heavy atom. The molecule has 0 saturated carbocycles. The van der Waals surface area contributed by atoms with Gasteiger partial charge >= 0.3 is 6.03 Å². The molecule has 3 rings (SSSR count). The maximum atomic E-state index is 13.3. The van der Waals surface area contributed by atoms with Crippen molar-refractivity contribution in [1.29, 1.82) is 0 Å². The Hall–Kier alpha value is -5.69. The van der Waals surface area contributed by atoms with Crippen LogP contribution in [0.3, 0.4) is 0 Å². The summed E-state index contributed by atoms with van der Waals surface area (Å²) in [5, 5.41) is 27.4. The molecule has 344 valence electrons. The van der Waals surface area contributed by atoms with Crippen LogP contribution in [0.5, 0.6) is 5.75 Å². The van der Waals surface area contributed by atoms with Crippen LogP contribution in [0.2, 0.25) is 0 Å². The van der Waals surface area contributed by atoms with Crippen molar-refractivity contribution in [3.05, 3.63) is 24.3 Å². The molecule has 7 atom stereocenters. The van der Waals surface area contributed by atoms with Gasteiger partial charge in [-0.3, -0.25) is 43.6 Å². The van der Waals surface area contributed by atoms with Gasteiger partial charge in [0.05, 0.1) is 43.6 Å². The first-order valence-electron chi connectivity index (χ1n) is 19.9. The minimum Gasteiger partial charge on any atom is -0.497 e. The number of benzene rings is 1. The number of rotatable bonds is 26. The number of hydrogen-bond donors (Lipinski definition) is 11. The molecule has 1 aromatic rings. The zero-order valence-corrected chi connectivity index (χ0v) is 36.2. The molecular weight excluding hydrogens is 857 g/mol. The van der Waals surface area contributed by atoms with Crippen LogP contribution in [0.25, 0.3) is 0 Å². The number of fused-ring (bicyclic) bond motifs is 1. The smallest absolute Gasteiger partial charge is 0.315 e. The van der Waals surface area contributed by atoms with Crippen LogP contribution in [0.1, 0.15) is 65.2 Å². The number of nitrogens with two attached hydrogens (primary N) is 1. The Kier molecular flexibility index (Phi) is 20.2. The average Bonchev–Trinajstić information content (AvgIpc) is 3.80. The number of methoxy groups -OCH3 is 1. The third-order valence-corrected chi connectivity index (χ3v) is 13.5. The molecule has 2 aliphatic heterocycles. The van der Waals surface area contributed by atoms with Crippen molar-refractivity contribution >= 4 is 74.9 Å². The molecule has 0 radical (unpaired) electrons. The number of carbonyl (C=O) groups excluding carboxylic acids is 9. The number of ether oxygens (including phenoxy) is 1. The maximum Gasteiger partial charge on any atom is 0.315 e. The normalized spacial score (nSPS) is 18.5. The highest BCUT2D eigenvalue weighted by molar-refractivity contribution is 8.00. The number of unbranched alkanes of at least 4 members (excludes halogenated alkanes) is 2. The number of hydrogen-bond acceptors (Lipinski definition) is 14. The number of amides is 10. The lowest BCUT2D eigenvalue weighted by molar-refractivity contribution is -0.133. The quantitative estimate of drug-likeness (QED) is 0.0191. The number of thioether (sulfide) groups is 1. The molecule has 2 heterocycles. The predicted molar refractivity (Wildman–Crippen MR) is 222 cm³/mol. The van der Waals surface area contributed by atoms with Crippen molar-refractivity contribution < 1.29 is 61.5 Å². The maximum absolute atomic E-state index is 13.3. The summed E-state index contributed by atoms with van der Waals surface area (Å²) in [7, 11) is -3.17. The van der Waals surface area contributed by atoms with Crippen LogP contribution < -0.4 is 58.5 Å². The fourth-order valence-electron chi connectivity index (χ4n) is 6.42. The number of primary amides is 1. The summed E-state index contributed by atoms with van der Waals surface area (Å²) in [4.78, 5) is 111. The minimum atomic E-state index is -4.53. The fraction of sp³-hybridized carbons (Fsp3) is 0.595. The van der Waals surface area contributed by atoms with Crippen LogP contribution in [-0.4, -0.2) is 140 Å². The SMILES string of the molecule is COc1ccc(S(=O)(=O)C(CC(=O)NO)C(=O)N[C@@H](C)C(=O)N[C@@H](C)C(=O)NCC(=O)NCC(=O)N[C@@H](CCCCNC(=O)CCCC[C@@H]2SC[C@@H]3NC(=O)N[C@@H]32)C(N)=O)cc1. The molecule has 0 aromatic heterocycles. The Bertz CT molecular complexity index is 1900. The summed E-state index contributed by atoms with van der Waals surface area (Å²) in [6.45, 7) is 1.65. The summed E-state index contributed by atoms with van der Waals surface area (Å²) in [6, 6.07) is 1.37. The summed E-state index contributed by atoms with van der Waals surface area (Å²) >= 11 is 1.82. The standard InChI is InChI=1S/C37H56N10O13S2/c1-20(42-35(54)21(2)43-36(55)27(16-29(49)47-57)62(58,59)23-13-11-22(60-3)12-14-23)34(53)41-17-30(50)40-18-31(51)44-24(33(38)52)8-6-7-15-39-28(48)10-5-4-9-26-32-25(19-61-26)45-37(56)46-32/h11-14,20-21,24-27,32,57H,4-10,15-19H2,1-3H3,(H2,38,52)(H,39,48)(H,40,50)(H,41,53)(H,42,54)(H,43,55)(H,44,51)(H,47,49)(H2,45,46,56)/t20-,21-,24-,25-,26-,27?,32-/m0/s1. The zero-order chi connectivity index (χ0) is 46.0. The second-order valence-electron chi connectivity index (χ2n) is 14.6. The molecule has 1 unspecified atom stereocenters. The van der Waals surface area contributed by atoms with Gasteiger partial charge in [-0.25, -0.2) is 18.7 Å². The molecule has 0 aliphatic carbocycles. The van der Waals surface area contributed by atoms with E-state index in [1.807, 2.05) is 11.8 Å². The summed E-state index contributed by atoms with van der Waals surface area (Å²) in [5.41, 5.74) is 6.71. The Balaban J connectivity index is 1.31. The topological polar surface area (TPSA) is 352 Å². The molecule has 2 saturated heterocycles. The lowest BCUT2D eigenvalue weighted by atomic mass is 10.0. The van der Waals surface area contributed by atoms with E-state index in [4.69, 9.17) is 15.7 Å². The zero-order valence-electron chi connectivity index (χ0n) is 34.6. The van der Waals surface area contributed by atoms with Crippen molar-refractivity contribution in [1.82, 2.24) is 48.0 Å². The van der Waals surface area contributed by atoms with Crippen LogP contribution in [0.15, 0.2) is 29.2 Å². The number of carbonyl (C=O) groups is 9. The van der Waals surface area contributed by atoms with E-state index in [1.54, 1.807) is 0 Å². The second-order valence-corrected chi connectivity index (χ2v) is 18.0.